The summed E-state index contributed by atoms with van der Waals surface area (Å²) >= 11 is 4.03. The lowest BCUT2D eigenvalue weighted by Gasteiger charge is -2.62. The van der Waals surface area contributed by atoms with E-state index in [1.807, 2.05) is 0 Å². The van der Waals surface area contributed by atoms with Crippen molar-refractivity contribution < 1.29 is 24.9 Å². The molecule has 1 amide bonds. The number of nitrogens with one attached hydrogen (secondary N) is 1. The zero-order valence-corrected chi connectivity index (χ0v) is 22.0. The van der Waals surface area contributed by atoms with Crippen LogP contribution in [0.1, 0.15) is 85.0 Å². The maximum Gasteiger partial charge on any atom is 0.327 e. The summed E-state index contributed by atoms with van der Waals surface area (Å²) in [6, 6.07) is -0.932. The summed E-state index contributed by atoms with van der Waals surface area (Å²) in [6.45, 7) is 7.13. The number of amides is 1. The van der Waals surface area contributed by atoms with Crippen molar-refractivity contribution in [3.05, 3.63) is 0 Å². The molecule has 34 heavy (non-hydrogen) atoms. The first-order valence-corrected chi connectivity index (χ1v) is 14.1. The van der Waals surface area contributed by atoms with Crippen molar-refractivity contribution in [3.63, 3.8) is 0 Å². The molecule has 7 heteroatoms. The second-order valence-corrected chi connectivity index (χ2v) is 13.0. The standard InChI is InChI=1S/C27H45NO5S/c1-15(4-7-24(31)28-22(14-34)25(32)33)18-5-6-19-17-13-23(30)21-12-16(29)8-10-27(21,3)20(17)9-11-26(18,19)2/h15-23,29-30,34H,4-14H2,1-3H3,(H,28,31)(H,32,33)/t15-,16-,17+,18-,19+,20+,21+,22+,23+,26-,27-/m1/s1. The lowest BCUT2D eigenvalue weighted by Crippen LogP contribution is -2.58. The average molecular weight is 496 g/mol. The maximum atomic E-state index is 12.4. The molecule has 0 aliphatic heterocycles. The third kappa shape index (κ3) is 4.54. The normalized spacial score (nSPS) is 45.4. The van der Waals surface area contributed by atoms with Crippen LogP contribution in [0.4, 0.5) is 0 Å². The summed E-state index contributed by atoms with van der Waals surface area (Å²) in [5, 5.41) is 33.2. The van der Waals surface area contributed by atoms with Crippen LogP contribution in [0.25, 0.3) is 0 Å². The van der Waals surface area contributed by atoms with Crippen LogP contribution in [-0.4, -0.2) is 51.2 Å². The Hall–Kier alpha value is -0.790. The monoisotopic (exact) mass is 495 g/mol. The number of aliphatic hydroxyl groups is 2. The largest absolute Gasteiger partial charge is 0.480 e. The Labute approximate surface area is 210 Å². The van der Waals surface area contributed by atoms with Gasteiger partial charge < -0.3 is 20.6 Å². The van der Waals surface area contributed by atoms with E-state index in [4.69, 9.17) is 5.11 Å². The van der Waals surface area contributed by atoms with Crippen molar-refractivity contribution in [2.75, 3.05) is 5.75 Å². The van der Waals surface area contributed by atoms with Gasteiger partial charge in [0.05, 0.1) is 12.2 Å². The van der Waals surface area contributed by atoms with Crippen molar-refractivity contribution in [2.45, 2.75) is 103 Å². The highest BCUT2D eigenvalue weighted by Gasteiger charge is 2.62. The Balaban J connectivity index is 1.41. The summed E-state index contributed by atoms with van der Waals surface area (Å²) < 4.78 is 0. The number of fused-ring (bicyclic) bond motifs is 5. The summed E-state index contributed by atoms with van der Waals surface area (Å²) in [4.78, 5) is 23.5. The van der Waals surface area contributed by atoms with Gasteiger partial charge in [-0.3, -0.25) is 4.79 Å². The number of carboxylic acids is 1. The molecular weight excluding hydrogens is 450 g/mol. The molecule has 0 unspecified atom stereocenters. The molecule has 6 nitrogen and oxygen atoms in total. The lowest BCUT2D eigenvalue weighted by molar-refractivity contribution is -0.172. The Morgan fingerprint density at radius 1 is 1.00 bits per heavy atom. The Morgan fingerprint density at radius 3 is 2.35 bits per heavy atom. The van der Waals surface area contributed by atoms with Gasteiger partial charge in [0.2, 0.25) is 5.91 Å². The van der Waals surface area contributed by atoms with Gasteiger partial charge in [0.25, 0.3) is 0 Å². The molecule has 4 rings (SSSR count). The third-order valence-corrected chi connectivity index (χ3v) is 11.4. The van der Waals surface area contributed by atoms with Gasteiger partial charge in [-0.05, 0) is 104 Å². The maximum absolute atomic E-state index is 12.4. The minimum Gasteiger partial charge on any atom is -0.480 e. The van der Waals surface area contributed by atoms with Crippen LogP contribution in [0, 0.1) is 46.3 Å². The zero-order chi connectivity index (χ0) is 24.8. The van der Waals surface area contributed by atoms with Gasteiger partial charge in [-0.15, -0.1) is 0 Å². The number of carboxylic acid groups (broad SMARTS) is 1. The second-order valence-electron chi connectivity index (χ2n) is 12.6. The molecule has 0 aromatic rings. The quantitative estimate of drug-likeness (QED) is 0.345. The van der Waals surface area contributed by atoms with E-state index in [-0.39, 0.29) is 40.6 Å². The molecular formula is C27H45NO5S. The van der Waals surface area contributed by atoms with Gasteiger partial charge in [0.15, 0.2) is 0 Å². The van der Waals surface area contributed by atoms with E-state index in [0.29, 0.717) is 36.0 Å². The highest BCUT2D eigenvalue weighted by Crippen LogP contribution is 2.68. The van der Waals surface area contributed by atoms with Crippen molar-refractivity contribution in [1.29, 1.82) is 0 Å². The van der Waals surface area contributed by atoms with E-state index < -0.39 is 12.0 Å². The Kier molecular flexibility index (Phi) is 7.67. The number of hydrogen-bond acceptors (Lipinski definition) is 5. The van der Waals surface area contributed by atoms with E-state index in [0.717, 1.165) is 32.1 Å². The number of hydrogen-bond donors (Lipinski definition) is 5. The van der Waals surface area contributed by atoms with Crippen LogP contribution in [-0.2, 0) is 9.59 Å². The van der Waals surface area contributed by atoms with Crippen LogP contribution in [0.3, 0.4) is 0 Å². The molecule has 0 bridgehead atoms. The van der Waals surface area contributed by atoms with Gasteiger partial charge in [0, 0.05) is 12.2 Å². The van der Waals surface area contributed by atoms with Gasteiger partial charge in [0.1, 0.15) is 6.04 Å². The number of thiol groups is 1. The SMILES string of the molecule is C[C@H](CCC(=O)N[C@@H](CS)C(=O)O)[C@H]1CC[C@H]2[C@@H]3C[C@H](O)[C@@H]4C[C@H](O)CC[C@]4(C)[C@H]3CC[C@]12C. The smallest absolute Gasteiger partial charge is 0.327 e. The van der Waals surface area contributed by atoms with Gasteiger partial charge in [-0.25, -0.2) is 4.79 Å². The van der Waals surface area contributed by atoms with Crippen LogP contribution < -0.4 is 5.32 Å². The molecule has 0 aromatic carbocycles. The van der Waals surface area contributed by atoms with Crippen molar-refractivity contribution >= 4 is 24.5 Å². The van der Waals surface area contributed by atoms with E-state index in [9.17, 15) is 19.8 Å². The van der Waals surface area contributed by atoms with Crippen molar-refractivity contribution in [3.8, 4) is 0 Å². The summed E-state index contributed by atoms with van der Waals surface area (Å²) in [5.41, 5.74) is 0.376. The third-order valence-electron chi connectivity index (χ3n) is 11.1. The molecule has 194 valence electrons. The number of carbonyl (C=O) groups excluding carboxylic acids is 1. The molecule has 0 saturated heterocycles. The summed E-state index contributed by atoms with van der Waals surface area (Å²) in [5.74, 6) is 1.84. The first-order valence-electron chi connectivity index (χ1n) is 13.5. The number of rotatable bonds is 7. The molecule has 0 aromatic heterocycles. The van der Waals surface area contributed by atoms with E-state index in [1.54, 1.807) is 0 Å². The predicted octanol–water partition coefficient (Wildman–Crippen LogP) is 3.89. The molecule has 0 radical (unpaired) electrons. The molecule has 4 N–H and O–H groups in total. The summed E-state index contributed by atoms with van der Waals surface area (Å²) in [6.07, 6.45) is 8.87. The van der Waals surface area contributed by atoms with E-state index in [1.165, 1.54) is 25.7 Å². The van der Waals surface area contributed by atoms with Crippen LogP contribution in [0.15, 0.2) is 0 Å². The van der Waals surface area contributed by atoms with Crippen LogP contribution in [0.2, 0.25) is 0 Å². The van der Waals surface area contributed by atoms with Gasteiger partial charge in [-0.2, -0.15) is 12.6 Å². The molecule has 4 saturated carbocycles. The first-order chi connectivity index (χ1) is 16.0. The van der Waals surface area contributed by atoms with Gasteiger partial charge >= 0.3 is 5.97 Å². The first kappa shape index (κ1) is 26.3. The molecule has 4 aliphatic rings. The van der Waals surface area contributed by atoms with E-state index in [2.05, 4.69) is 38.7 Å². The topological polar surface area (TPSA) is 107 Å². The average Bonchev–Trinajstić information content (AvgIpc) is 3.14. The van der Waals surface area contributed by atoms with Crippen molar-refractivity contribution in [1.82, 2.24) is 5.32 Å². The molecule has 0 heterocycles. The highest BCUT2D eigenvalue weighted by molar-refractivity contribution is 7.80. The molecule has 0 spiro atoms. The molecule has 11 atom stereocenters. The highest BCUT2D eigenvalue weighted by atomic mass is 32.1. The fourth-order valence-electron chi connectivity index (χ4n) is 9.27. The van der Waals surface area contributed by atoms with Gasteiger partial charge in [-0.1, -0.05) is 20.8 Å². The minimum atomic E-state index is -1.04. The number of aliphatic carboxylic acids is 1. The number of aliphatic hydroxyl groups excluding tert-OH is 2. The van der Waals surface area contributed by atoms with E-state index >= 15 is 0 Å². The second kappa shape index (κ2) is 9.93. The van der Waals surface area contributed by atoms with Crippen LogP contribution in [0.5, 0.6) is 0 Å². The van der Waals surface area contributed by atoms with Crippen molar-refractivity contribution in [2.24, 2.45) is 46.3 Å². The zero-order valence-electron chi connectivity index (χ0n) is 21.1. The Morgan fingerprint density at radius 2 is 1.68 bits per heavy atom. The predicted molar refractivity (Wildman–Crippen MR) is 134 cm³/mol. The minimum absolute atomic E-state index is 0.0894. The fraction of sp³-hybridized carbons (Fsp3) is 0.926. The molecule has 4 aliphatic carbocycles. The number of carbonyl (C=O) groups is 2. The fourth-order valence-corrected chi connectivity index (χ4v) is 9.51. The molecule has 4 fully saturated rings. The van der Waals surface area contributed by atoms with Crippen LogP contribution >= 0.6 is 12.6 Å². The lowest BCUT2D eigenvalue weighted by atomic mass is 9.44. The summed E-state index contributed by atoms with van der Waals surface area (Å²) in [7, 11) is 0. The Bertz CT molecular complexity index is 778.